The molecule has 0 amide bonds. The van der Waals surface area contributed by atoms with Gasteiger partial charge in [0.2, 0.25) is 11.8 Å². The van der Waals surface area contributed by atoms with Gasteiger partial charge in [0.05, 0.1) is 17.0 Å². The molecule has 0 aliphatic carbocycles. The molecule has 0 radical (unpaired) electrons. The van der Waals surface area contributed by atoms with Crippen LogP contribution in [0.15, 0.2) is 66.7 Å². The maximum atomic E-state index is 13.7. The number of aryl methyl sites for hydroxylation is 1. The molecule has 5 aromatic rings. The second kappa shape index (κ2) is 11.5. The third-order valence-corrected chi connectivity index (χ3v) is 6.08. The molecule has 4 N–H and O–H groups in total. The SMILES string of the molecule is Cc1cc(-c2c(OCc3nc(NCC(=O)O)cc4ccccc34)nc(N)nc2-c2ccc(F)cc2)cc(C(F)F)n1. The van der Waals surface area contributed by atoms with E-state index in [1.165, 1.54) is 30.3 Å². The molecule has 3 aromatic heterocycles. The molecule has 2 aromatic carbocycles. The van der Waals surface area contributed by atoms with Gasteiger partial charge in [-0.2, -0.15) is 4.98 Å². The van der Waals surface area contributed by atoms with E-state index < -0.39 is 23.9 Å². The number of nitrogens with one attached hydrogen (secondary N) is 1. The molecule has 0 aliphatic heterocycles. The van der Waals surface area contributed by atoms with Crippen LogP contribution >= 0.6 is 0 Å². The Labute approximate surface area is 231 Å². The molecule has 0 unspecified atom stereocenters. The summed E-state index contributed by atoms with van der Waals surface area (Å²) >= 11 is 0. The summed E-state index contributed by atoms with van der Waals surface area (Å²) in [7, 11) is 0. The number of rotatable bonds is 9. The fraction of sp³-hybridized carbons (Fsp3) is 0.138. The van der Waals surface area contributed by atoms with Gasteiger partial charge in [0.25, 0.3) is 6.43 Å². The molecule has 208 valence electrons. The van der Waals surface area contributed by atoms with Crippen molar-refractivity contribution in [3.05, 3.63) is 89.6 Å². The van der Waals surface area contributed by atoms with E-state index in [-0.39, 0.29) is 36.2 Å². The lowest BCUT2D eigenvalue weighted by atomic mass is 9.99. The Kier molecular flexibility index (Phi) is 7.64. The average molecular weight is 561 g/mol. The largest absolute Gasteiger partial charge is 0.480 e. The van der Waals surface area contributed by atoms with Crippen LogP contribution < -0.4 is 15.8 Å². The maximum Gasteiger partial charge on any atom is 0.322 e. The number of hydrogen-bond donors (Lipinski definition) is 3. The Morgan fingerprint density at radius 2 is 1.76 bits per heavy atom. The van der Waals surface area contributed by atoms with Crippen LogP contribution in [0.25, 0.3) is 33.2 Å². The molecule has 9 nitrogen and oxygen atoms in total. The normalized spacial score (nSPS) is 11.1. The topological polar surface area (TPSA) is 136 Å². The first kappa shape index (κ1) is 27.3. The quantitative estimate of drug-likeness (QED) is 0.204. The molecule has 0 bridgehead atoms. The van der Waals surface area contributed by atoms with E-state index in [1.807, 2.05) is 24.3 Å². The van der Waals surface area contributed by atoms with Crippen molar-refractivity contribution in [2.75, 3.05) is 17.6 Å². The molecule has 5 rings (SSSR count). The molecule has 0 saturated carbocycles. The van der Waals surface area contributed by atoms with Crippen LogP contribution in [-0.2, 0) is 11.4 Å². The van der Waals surface area contributed by atoms with E-state index in [9.17, 15) is 18.0 Å². The molecule has 0 aliphatic rings. The number of alkyl halides is 2. The third-order valence-electron chi connectivity index (χ3n) is 6.08. The van der Waals surface area contributed by atoms with Crippen molar-refractivity contribution >= 4 is 28.5 Å². The number of carbonyl (C=O) groups is 1. The first-order valence-corrected chi connectivity index (χ1v) is 12.4. The summed E-state index contributed by atoms with van der Waals surface area (Å²) in [6.07, 6.45) is -2.83. The Morgan fingerprint density at radius 3 is 2.49 bits per heavy atom. The van der Waals surface area contributed by atoms with E-state index in [4.69, 9.17) is 15.6 Å². The monoisotopic (exact) mass is 560 g/mol. The molecule has 3 heterocycles. The van der Waals surface area contributed by atoms with Gasteiger partial charge in [0.15, 0.2) is 0 Å². The van der Waals surface area contributed by atoms with E-state index >= 15 is 0 Å². The Hall–Kier alpha value is -5.26. The zero-order valence-electron chi connectivity index (χ0n) is 21.6. The number of carboxylic acids is 1. The molecule has 0 fully saturated rings. The fourth-order valence-electron chi connectivity index (χ4n) is 4.36. The van der Waals surface area contributed by atoms with Crippen molar-refractivity contribution < 1.29 is 27.8 Å². The van der Waals surface area contributed by atoms with Crippen molar-refractivity contribution in [2.24, 2.45) is 0 Å². The number of halogens is 3. The van der Waals surface area contributed by atoms with Gasteiger partial charge in [0.1, 0.15) is 30.5 Å². The number of carboxylic acid groups (broad SMARTS) is 1. The first-order chi connectivity index (χ1) is 19.7. The number of nitrogen functional groups attached to an aromatic ring is 1. The van der Waals surface area contributed by atoms with Gasteiger partial charge >= 0.3 is 5.97 Å². The highest BCUT2D eigenvalue weighted by Crippen LogP contribution is 2.39. The van der Waals surface area contributed by atoms with Gasteiger partial charge in [-0.05, 0) is 60.3 Å². The lowest BCUT2D eigenvalue weighted by Crippen LogP contribution is -2.14. The Balaban J connectivity index is 1.64. The van der Waals surface area contributed by atoms with Crippen LogP contribution in [0.1, 0.15) is 23.5 Å². The number of anilines is 2. The summed E-state index contributed by atoms with van der Waals surface area (Å²) in [4.78, 5) is 28.2. The maximum absolute atomic E-state index is 13.7. The number of pyridine rings is 2. The minimum atomic E-state index is -2.83. The zero-order chi connectivity index (χ0) is 29.1. The number of nitrogens with two attached hydrogens (primary N) is 1. The van der Waals surface area contributed by atoms with Gasteiger partial charge in [-0.1, -0.05) is 24.3 Å². The Bertz CT molecular complexity index is 1750. The van der Waals surface area contributed by atoms with E-state index in [0.29, 0.717) is 28.3 Å². The van der Waals surface area contributed by atoms with Crippen LogP contribution in [0.2, 0.25) is 0 Å². The average Bonchev–Trinajstić information content (AvgIpc) is 2.94. The number of aromatic nitrogens is 4. The molecule has 0 atom stereocenters. The van der Waals surface area contributed by atoms with Gasteiger partial charge in [-0.15, -0.1) is 0 Å². The van der Waals surface area contributed by atoms with Crippen molar-refractivity contribution in [3.8, 4) is 28.3 Å². The standard InChI is InChI=1S/C29H23F3N6O3/c1-15-10-18(11-21(35-15)27(31)32)25-26(16-6-8-19(30)9-7-16)37-29(33)38-28(25)41-14-22-20-5-3-2-4-17(20)12-23(36-22)34-13-24(39)40/h2-12,27H,13-14H2,1H3,(H,34,36)(H,39,40)(H2,33,37,38). The summed E-state index contributed by atoms with van der Waals surface area (Å²) in [6, 6.07) is 17.3. The minimum absolute atomic E-state index is 0.0163. The third kappa shape index (κ3) is 6.16. The van der Waals surface area contributed by atoms with Gasteiger partial charge in [-0.3, -0.25) is 9.78 Å². The lowest BCUT2D eigenvalue weighted by Gasteiger charge is -2.17. The highest BCUT2D eigenvalue weighted by Gasteiger charge is 2.22. The van der Waals surface area contributed by atoms with Crippen LogP contribution in [0, 0.1) is 12.7 Å². The van der Waals surface area contributed by atoms with Crippen LogP contribution in [0.3, 0.4) is 0 Å². The summed E-state index contributed by atoms with van der Waals surface area (Å²) < 4.78 is 47.3. The molecule has 12 heteroatoms. The van der Waals surface area contributed by atoms with Gasteiger partial charge in [-0.25, -0.2) is 23.1 Å². The predicted octanol–water partition coefficient (Wildman–Crippen LogP) is 5.80. The van der Waals surface area contributed by atoms with Crippen molar-refractivity contribution in [1.82, 2.24) is 19.9 Å². The van der Waals surface area contributed by atoms with E-state index in [0.717, 1.165) is 10.8 Å². The number of nitrogens with zero attached hydrogens (tertiary/aromatic N) is 4. The van der Waals surface area contributed by atoms with Crippen LogP contribution in [0.4, 0.5) is 24.9 Å². The number of aliphatic carboxylic acids is 1. The molecular formula is C29H23F3N6O3. The van der Waals surface area contributed by atoms with Gasteiger partial charge in [0, 0.05) is 16.6 Å². The summed E-state index contributed by atoms with van der Waals surface area (Å²) in [5.74, 6) is -1.37. The number of hydrogen-bond acceptors (Lipinski definition) is 8. The molecule has 0 saturated heterocycles. The smallest absolute Gasteiger partial charge is 0.322 e. The molecule has 41 heavy (non-hydrogen) atoms. The van der Waals surface area contributed by atoms with Crippen molar-refractivity contribution in [1.29, 1.82) is 0 Å². The number of benzene rings is 2. The number of fused-ring (bicyclic) bond motifs is 1. The van der Waals surface area contributed by atoms with Gasteiger partial charge < -0.3 is 20.9 Å². The summed E-state index contributed by atoms with van der Waals surface area (Å²) in [5.41, 5.74) is 7.64. The second-order valence-corrected chi connectivity index (χ2v) is 9.05. The second-order valence-electron chi connectivity index (χ2n) is 9.05. The van der Waals surface area contributed by atoms with E-state index in [1.54, 1.807) is 19.1 Å². The summed E-state index contributed by atoms with van der Waals surface area (Å²) in [5, 5.41) is 13.4. The first-order valence-electron chi connectivity index (χ1n) is 12.4. The number of ether oxygens (including phenoxy) is 1. The molecular weight excluding hydrogens is 537 g/mol. The highest BCUT2D eigenvalue weighted by atomic mass is 19.3. The predicted molar refractivity (Wildman–Crippen MR) is 147 cm³/mol. The zero-order valence-corrected chi connectivity index (χ0v) is 21.6. The van der Waals surface area contributed by atoms with Crippen molar-refractivity contribution in [3.63, 3.8) is 0 Å². The molecule has 0 spiro atoms. The van der Waals surface area contributed by atoms with E-state index in [2.05, 4.69) is 25.3 Å². The van der Waals surface area contributed by atoms with Crippen LogP contribution in [0.5, 0.6) is 5.88 Å². The Morgan fingerprint density at radius 1 is 1.00 bits per heavy atom. The summed E-state index contributed by atoms with van der Waals surface area (Å²) in [6.45, 7) is 1.10. The fourth-order valence-corrected chi connectivity index (χ4v) is 4.36. The lowest BCUT2D eigenvalue weighted by molar-refractivity contribution is -0.134. The minimum Gasteiger partial charge on any atom is -0.480 e. The van der Waals surface area contributed by atoms with Crippen molar-refractivity contribution in [2.45, 2.75) is 20.0 Å². The highest BCUT2D eigenvalue weighted by molar-refractivity contribution is 5.88. The van der Waals surface area contributed by atoms with Crippen LogP contribution in [-0.4, -0.2) is 37.6 Å².